The molecule has 4 heterocycles. The number of amides is 1. The second kappa shape index (κ2) is 7.42. The molecule has 1 fully saturated rings. The van der Waals surface area contributed by atoms with Crippen LogP contribution in [-0.2, 0) is 16.0 Å². The predicted molar refractivity (Wildman–Crippen MR) is 120 cm³/mol. The number of carbonyl (C=O) groups is 1. The zero-order chi connectivity index (χ0) is 21.7. The van der Waals surface area contributed by atoms with Gasteiger partial charge in [-0.15, -0.1) is 0 Å². The SMILES string of the molecule is O=C1Cc2cc(-n3c(-c4ccc(F)cc4)nc4c(N5CCOCC5)ccnc43)ccc2N1. The van der Waals surface area contributed by atoms with Crippen molar-refractivity contribution in [2.45, 2.75) is 6.42 Å². The number of pyridine rings is 1. The molecule has 8 heteroatoms. The highest BCUT2D eigenvalue weighted by Gasteiger charge is 2.23. The van der Waals surface area contributed by atoms with Crippen molar-refractivity contribution >= 4 is 28.4 Å². The Hall–Kier alpha value is -3.78. The zero-order valence-electron chi connectivity index (χ0n) is 17.2. The predicted octanol–water partition coefficient (Wildman–Crippen LogP) is 3.56. The van der Waals surface area contributed by atoms with Crippen LogP contribution in [0, 0.1) is 5.82 Å². The quantitative estimate of drug-likeness (QED) is 0.539. The molecule has 6 rings (SSSR count). The van der Waals surface area contributed by atoms with E-state index in [1.165, 1.54) is 12.1 Å². The van der Waals surface area contributed by atoms with E-state index in [0.29, 0.717) is 31.1 Å². The topological polar surface area (TPSA) is 72.3 Å². The summed E-state index contributed by atoms with van der Waals surface area (Å²) in [5.74, 6) is 0.357. The van der Waals surface area contributed by atoms with E-state index in [0.717, 1.165) is 46.8 Å². The van der Waals surface area contributed by atoms with Crippen molar-refractivity contribution in [1.29, 1.82) is 0 Å². The standard InChI is InChI=1S/C24H20FN5O2/c25-17-3-1-15(2-4-17)23-28-22-20(29-9-11-32-12-10-29)7-8-26-24(22)30(23)18-5-6-19-16(13-18)14-21(31)27-19/h1-8,13H,9-12,14H2,(H,27,31). The molecular weight excluding hydrogens is 409 g/mol. The van der Waals surface area contributed by atoms with Gasteiger partial charge in [0.15, 0.2) is 5.65 Å². The maximum atomic E-state index is 13.6. The van der Waals surface area contributed by atoms with Crippen molar-refractivity contribution in [3.05, 3.63) is 66.1 Å². The summed E-state index contributed by atoms with van der Waals surface area (Å²) >= 11 is 0. The molecule has 160 valence electrons. The normalized spacial score (nSPS) is 15.8. The van der Waals surface area contributed by atoms with E-state index >= 15 is 0 Å². The summed E-state index contributed by atoms with van der Waals surface area (Å²) in [7, 11) is 0. The molecule has 0 bridgehead atoms. The van der Waals surface area contributed by atoms with Gasteiger partial charge in [0, 0.05) is 36.2 Å². The molecule has 0 unspecified atom stereocenters. The lowest BCUT2D eigenvalue weighted by Gasteiger charge is -2.28. The first-order valence-electron chi connectivity index (χ1n) is 10.6. The van der Waals surface area contributed by atoms with E-state index in [-0.39, 0.29) is 11.7 Å². The van der Waals surface area contributed by atoms with E-state index in [2.05, 4.69) is 15.2 Å². The van der Waals surface area contributed by atoms with Crippen LogP contribution in [0.15, 0.2) is 54.7 Å². The Balaban J connectivity index is 1.58. The smallest absolute Gasteiger partial charge is 0.228 e. The van der Waals surface area contributed by atoms with Crippen LogP contribution in [-0.4, -0.2) is 46.7 Å². The van der Waals surface area contributed by atoms with Crippen molar-refractivity contribution in [1.82, 2.24) is 14.5 Å². The van der Waals surface area contributed by atoms with Crippen LogP contribution >= 0.6 is 0 Å². The van der Waals surface area contributed by atoms with Gasteiger partial charge in [0.05, 0.1) is 25.3 Å². The Morgan fingerprint density at radius 1 is 1.03 bits per heavy atom. The van der Waals surface area contributed by atoms with Crippen molar-refractivity contribution < 1.29 is 13.9 Å². The molecule has 2 aromatic heterocycles. The average molecular weight is 429 g/mol. The van der Waals surface area contributed by atoms with Crippen molar-refractivity contribution in [2.75, 3.05) is 36.5 Å². The number of morpholine rings is 1. The van der Waals surface area contributed by atoms with Crippen LogP contribution in [0.25, 0.3) is 28.2 Å². The summed E-state index contributed by atoms with van der Waals surface area (Å²) in [5, 5.41) is 2.87. The van der Waals surface area contributed by atoms with E-state index < -0.39 is 0 Å². The van der Waals surface area contributed by atoms with E-state index in [1.807, 2.05) is 28.8 Å². The number of benzene rings is 2. The number of hydrogen-bond acceptors (Lipinski definition) is 5. The van der Waals surface area contributed by atoms with Crippen LogP contribution in [0.4, 0.5) is 15.8 Å². The minimum Gasteiger partial charge on any atom is -0.378 e. The Kier molecular flexibility index (Phi) is 4.39. The molecular formula is C24H20FN5O2. The Morgan fingerprint density at radius 2 is 1.84 bits per heavy atom. The van der Waals surface area contributed by atoms with Crippen LogP contribution in [0.1, 0.15) is 5.56 Å². The Bertz CT molecular complexity index is 1340. The van der Waals surface area contributed by atoms with Gasteiger partial charge in [-0.05, 0) is 54.1 Å². The van der Waals surface area contributed by atoms with Gasteiger partial charge in [0.1, 0.15) is 17.2 Å². The highest BCUT2D eigenvalue weighted by molar-refractivity contribution is 5.99. The number of fused-ring (bicyclic) bond motifs is 2. The Labute approximate surface area is 183 Å². The molecule has 1 saturated heterocycles. The van der Waals surface area contributed by atoms with Gasteiger partial charge in [-0.1, -0.05) is 0 Å². The van der Waals surface area contributed by atoms with Gasteiger partial charge in [0.2, 0.25) is 5.91 Å². The molecule has 2 aliphatic heterocycles. The number of aromatic nitrogens is 3. The molecule has 32 heavy (non-hydrogen) atoms. The van der Waals surface area contributed by atoms with Crippen LogP contribution in [0.3, 0.4) is 0 Å². The van der Waals surface area contributed by atoms with Gasteiger partial charge in [-0.2, -0.15) is 0 Å². The average Bonchev–Trinajstić information content (AvgIpc) is 3.39. The fraction of sp³-hybridized carbons (Fsp3) is 0.208. The number of rotatable bonds is 3. The van der Waals surface area contributed by atoms with Gasteiger partial charge in [-0.25, -0.2) is 14.4 Å². The minimum absolute atomic E-state index is 0.0147. The second-order valence-electron chi connectivity index (χ2n) is 7.95. The first-order chi connectivity index (χ1) is 15.7. The number of ether oxygens (including phenoxy) is 1. The van der Waals surface area contributed by atoms with E-state index in [9.17, 15) is 9.18 Å². The zero-order valence-corrected chi connectivity index (χ0v) is 17.2. The maximum Gasteiger partial charge on any atom is 0.228 e. The lowest BCUT2D eigenvalue weighted by molar-refractivity contribution is -0.115. The number of hydrogen-bond donors (Lipinski definition) is 1. The molecule has 0 saturated carbocycles. The molecule has 1 amide bonds. The molecule has 1 N–H and O–H groups in total. The summed E-state index contributed by atoms with van der Waals surface area (Å²) in [5.41, 5.74) is 5.89. The number of nitrogens with one attached hydrogen (secondary N) is 1. The second-order valence-corrected chi connectivity index (χ2v) is 7.95. The lowest BCUT2D eigenvalue weighted by atomic mass is 10.1. The Morgan fingerprint density at radius 3 is 2.66 bits per heavy atom. The third-order valence-electron chi connectivity index (χ3n) is 5.95. The molecule has 4 aromatic rings. The largest absolute Gasteiger partial charge is 0.378 e. The fourth-order valence-corrected chi connectivity index (χ4v) is 4.41. The van der Waals surface area contributed by atoms with Gasteiger partial charge >= 0.3 is 0 Å². The van der Waals surface area contributed by atoms with E-state index in [1.54, 1.807) is 18.3 Å². The van der Waals surface area contributed by atoms with Crippen LogP contribution in [0.5, 0.6) is 0 Å². The monoisotopic (exact) mass is 429 g/mol. The van der Waals surface area contributed by atoms with Crippen LogP contribution < -0.4 is 10.2 Å². The van der Waals surface area contributed by atoms with Crippen molar-refractivity contribution in [2.24, 2.45) is 0 Å². The third-order valence-corrected chi connectivity index (χ3v) is 5.95. The van der Waals surface area contributed by atoms with Crippen molar-refractivity contribution in [3.8, 4) is 17.1 Å². The number of imidazole rings is 1. The first kappa shape index (κ1) is 18.9. The molecule has 0 radical (unpaired) electrons. The number of anilines is 2. The number of carbonyl (C=O) groups excluding carboxylic acids is 1. The summed E-state index contributed by atoms with van der Waals surface area (Å²) < 4.78 is 21.1. The summed E-state index contributed by atoms with van der Waals surface area (Å²) in [6.07, 6.45) is 2.13. The number of nitrogens with zero attached hydrogens (tertiary/aromatic N) is 4. The number of halogens is 1. The third kappa shape index (κ3) is 3.11. The fourth-order valence-electron chi connectivity index (χ4n) is 4.41. The molecule has 0 aliphatic carbocycles. The first-order valence-corrected chi connectivity index (χ1v) is 10.6. The highest BCUT2D eigenvalue weighted by Crippen LogP contribution is 2.34. The summed E-state index contributed by atoms with van der Waals surface area (Å²) in [6, 6.07) is 14.1. The molecule has 2 aliphatic rings. The van der Waals surface area contributed by atoms with E-state index in [4.69, 9.17) is 9.72 Å². The molecule has 0 spiro atoms. The minimum atomic E-state index is -0.300. The molecule has 7 nitrogen and oxygen atoms in total. The highest BCUT2D eigenvalue weighted by atomic mass is 19.1. The maximum absolute atomic E-state index is 13.6. The van der Waals surface area contributed by atoms with Gasteiger partial charge in [0.25, 0.3) is 0 Å². The van der Waals surface area contributed by atoms with Gasteiger partial charge < -0.3 is 15.0 Å². The summed E-state index contributed by atoms with van der Waals surface area (Å²) in [4.78, 5) is 23.8. The van der Waals surface area contributed by atoms with Gasteiger partial charge in [-0.3, -0.25) is 9.36 Å². The molecule has 2 aromatic carbocycles. The van der Waals surface area contributed by atoms with Crippen LogP contribution in [0.2, 0.25) is 0 Å². The summed E-state index contributed by atoms with van der Waals surface area (Å²) in [6.45, 7) is 2.90. The van der Waals surface area contributed by atoms with Crippen molar-refractivity contribution in [3.63, 3.8) is 0 Å². The molecule has 0 atom stereocenters. The lowest BCUT2D eigenvalue weighted by Crippen LogP contribution is -2.36.